The highest BCUT2D eigenvalue weighted by molar-refractivity contribution is 7.94. The largest absolute Gasteiger partial charge is 0.396 e. The second-order valence-corrected chi connectivity index (χ2v) is 7.32. The van der Waals surface area contributed by atoms with E-state index in [0.29, 0.717) is 12.1 Å². The van der Waals surface area contributed by atoms with Gasteiger partial charge in [0.2, 0.25) is 10.0 Å². The van der Waals surface area contributed by atoms with Gasteiger partial charge in [-0.3, -0.25) is 4.72 Å². The Labute approximate surface area is 103 Å². The number of anilines is 1. The lowest BCUT2D eigenvalue weighted by atomic mass is 10.1. The van der Waals surface area contributed by atoms with Gasteiger partial charge < -0.3 is 5.11 Å². The van der Waals surface area contributed by atoms with Gasteiger partial charge in [-0.2, -0.15) is 0 Å². The van der Waals surface area contributed by atoms with Crippen molar-refractivity contribution in [3.8, 4) is 0 Å². The summed E-state index contributed by atoms with van der Waals surface area (Å²) in [7, 11) is -3.38. The number of sulfonamides is 1. The van der Waals surface area contributed by atoms with Crippen LogP contribution in [0.15, 0.2) is 24.3 Å². The van der Waals surface area contributed by atoms with E-state index in [1.54, 1.807) is 45.0 Å². The Morgan fingerprint density at radius 2 is 1.71 bits per heavy atom. The van der Waals surface area contributed by atoms with Crippen molar-refractivity contribution < 1.29 is 13.5 Å². The SMILES string of the molecule is CC(C)(C)S(=O)(=O)Nc1ccc(CCO)cc1. The summed E-state index contributed by atoms with van der Waals surface area (Å²) in [6, 6.07) is 7.01. The van der Waals surface area contributed by atoms with Crippen molar-refractivity contribution in [2.45, 2.75) is 31.9 Å². The van der Waals surface area contributed by atoms with Crippen LogP contribution in [-0.2, 0) is 16.4 Å². The first-order valence-electron chi connectivity index (χ1n) is 5.48. The quantitative estimate of drug-likeness (QED) is 0.863. The lowest BCUT2D eigenvalue weighted by molar-refractivity contribution is 0.299. The van der Waals surface area contributed by atoms with E-state index >= 15 is 0 Å². The molecule has 1 aromatic carbocycles. The fraction of sp³-hybridized carbons (Fsp3) is 0.500. The van der Waals surface area contributed by atoms with Crippen molar-refractivity contribution in [2.24, 2.45) is 0 Å². The molecule has 0 aromatic heterocycles. The molecule has 0 bridgehead atoms. The number of nitrogens with one attached hydrogen (secondary N) is 1. The lowest BCUT2D eigenvalue weighted by Crippen LogP contribution is -2.33. The van der Waals surface area contributed by atoms with Crippen LogP contribution in [-0.4, -0.2) is 24.9 Å². The van der Waals surface area contributed by atoms with E-state index in [9.17, 15) is 8.42 Å². The third-order valence-electron chi connectivity index (χ3n) is 2.41. The number of rotatable bonds is 4. The third-order valence-corrected chi connectivity index (χ3v) is 4.53. The molecule has 0 unspecified atom stereocenters. The molecule has 1 aromatic rings. The predicted molar refractivity (Wildman–Crippen MR) is 69.5 cm³/mol. The van der Waals surface area contributed by atoms with Gasteiger partial charge in [0.25, 0.3) is 0 Å². The topological polar surface area (TPSA) is 66.4 Å². The van der Waals surface area contributed by atoms with Gasteiger partial charge in [-0.25, -0.2) is 8.42 Å². The van der Waals surface area contributed by atoms with Crippen LogP contribution in [0.25, 0.3) is 0 Å². The van der Waals surface area contributed by atoms with Crippen molar-refractivity contribution >= 4 is 15.7 Å². The molecule has 17 heavy (non-hydrogen) atoms. The van der Waals surface area contributed by atoms with E-state index < -0.39 is 14.8 Å². The minimum atomic E-state index is -3.38. The molecule has 0 heterocycles. The van der Waals surface area contributed by atoms with Gasteiger partial charge in [0, 0.05) is 12.3 Å². The molecule has 0 saturated heterocycles. The van der Waals surface area contributed by atoms with E-state index in [1.807, 2.05) is 0 Å². The number of aliphatic hydroxyl groups is 1. The summed E-state index contributed by atoms with van der Waals surface area (Å²) in [5.41, 5.74) is 1.52. The summed E-state index contributed by atoms with van der Waals surface area (Å²) < 4.78 is 25.5. The maximum Gasteiger partial charge on any atom is 0.237 e. The van der Waals surface area contributed by atoms with E-state index in [4.69, 9.17) is 5.11 Å². The van der Waals surface area contributed by atoms with E-state index in [1.165, 1.54) is 0 Å². The van der Waals surface area contributed by atoms with Crippen LogP contribution in [0.1, 0.15) is 26.3 Å². The monoisotopic (exact) mass is 257 g/mol. The second kappa shape index (κ2) is 5.06. The van der Waals surface area contributed by atoms with Crippen LogP contribution in [0.2, 0.25) is 0 Å². The summed E-state index contributed by atoms with van der Waals surface area (Å²) >= 11 is 0. The molecule has 4 nitrogen and oxygen atoms in total. The fourth-order valence-electron chi connectivity index (χ4n) is 1.18. The number of hydrogen-bond acceptors (Lipinski definition) is 3. The highest BCUT2D eigenvalue weighted by atomic mass is 32.2. The Kier molecular flexibility index (Phi) is 4.16. The normalized spacial score (nSPS) is 12.5. The Bertz CT molecular complexity index is 458. The summed E-state index contributed by atoms with van der Waals surface area (Å²) in [6.07, 6.45) is 0.576. The average Bonchev–Trinajstić information content (AvgIpc) is 2.19. The van der Waals surface area contributed by atoms with Crippen LogP contribution in [0, 0.1) is 0 Å². The zero-order chi connectivity index (χ0) is 13.1. The predicted octanol–water partition coefficient (Wildman–Crippen LogP) is 1.76. The first-order valence-corrected chi connectivity index (χ1v) is 6.97. The van der Waals surface area contributed by atoms with Gasteiger partial charge in [-0.15, -0.1) is 0 Å². The Morgan fingerprint density at radius 3 is 2.12 bits per heavy atom. The molecular weight excluding hydrogens is 238 g/mol. The first kappa shape index (κ1) is 14.0. The molecule has 0 spiro atoms. The number of hydrogen-bond donors (Lipinski definition) is 2. The van der Waals surface area contributed by atoms with Gasteiger partial charge in [-0.1, -0.05) is 12.1 Å². The van der Waals surface area contributed by atoms with Crippen molar-refractivity contribution in [1.29, 1.82) is 0 Å². The average molecular weight is 257 g/mol. The number of benzene rings is 1. The van der Waals surface area contributed by atoms with Crippen molar-refractivity contribution in [1.82, 2.24) is 0 Å². The minimum absolute atomic E-state index is 0.0903. The van der Waals surface area contributed by atoms with Crippen LogP contribution >= 0.6 is 0 Å². The molecule has 0 amide bonds. The maximum atomic E-state index is 11.9. The zero-order valence-electron chi connectivity index (χ0n) is 10.4. The molecular formula is C12H19NO3S. The molecule has 96 valence electrons. The van der Waals surface area contributed by atoms with Gasteiger partial charge in [0.05, 0.1) is 4.75 Å². The van der Waals surface area contributed by atoms with Gasteiger partial charge in [0.1, 0.15) is 0 Å². The zero-order valence-corrected chi connectivity index (χ0v) is 11.2. The molecule has 0 aliphatic heterocycles. The van der Waals surface area contributed by atoms with Crippen molar-refractivity contribution in [3.05, 3.63) is 29.8 Å². The Morgan fingerprint density at radius 1 is 1.18 bits per heavy atom. The standard InChI is InChI=1S/C12H19NO3S/c1-12(2,3)17(15,16)13-11-6-4-10(5-7-11)8-9-14/h4-7,13-14H,8-9H2,1-3H3. The first-order chi connectivity index (χ1) is 7.76. The summed E-state index contributed by atoms with van der Waals surface area (Å²) in [5.74, 6) is 0. The van der Waals surface area contributed by atoms with Gasteiger partial charge >= 0.3 is 0 Å². The highest BCUT2D eigenvalue weighted by Crippen LogP contribution is 2.19. The van der Waals surface area contributed by atoms with Crippen molar-refractivity contribution in [3.63, 3.8) is 0 Å². The van der Waals surface area contributed by atoms with Gasteiger partial charge in [0.15, 0.2) is 0 Å². The lowest BCUT2D eigenvalue weighted by Gasteiger charge is -2.20. The van der Waals surface area contributed by atoms with Crippen LogP contribution < -0.4 is 4.72 Å². The Hall–Kier alpha value is -1.07. The molecule has 1 rings (SSSR count). The fourth-order valence-corrected chi connectivity index (χ4v) is 1.93. The second-order valence-electron chi connectivity index (χ2n) is 4.89. The van der Waals surface area contributed by atoms with E-state index in [0.717, 1.165) is 5.56 Å². The van der Waals surface area contributed by atoms with Crippen LogP contribution in [0.3, 0.4) is 0 Å². The highest BCUT2D eigenvalue weighted by Gasteiger charge is 2.28. The van der Waals surface area contributed by atoms with Crippen molar-refractivity contribution in [2.75, 3.05) is 11.3 Å². The molecule has 0 atom stereocenters. The third kappa shape index (κ3) is 3.71. The van der Waals surface area contributed by atoms with Gasteiger partial charge in [-0.05, 0) is 44.9 Å². The number of aliphatic hydroxyl groups excluding tert-OH is 1. The van der Waals surface area contributed by atoms with E-state index in [-0.39, 0.29) is 6.61 Å². The molecule has 5 heteroatoms. The summed E-state index contributed by atoms with van der Waals surface area (Å²) in [4.78, 5) is 0. The molecule has 0 fully saturated rings. The maximum absolute atomic E-state index is 11.9. The minimum Gasteiger partial charge on any atom is -0.396 e. The van der Waals surface area contributed by atoms with Crippen LogP contribution in [0.5, 0.6) is 0 Å². The molecule has 2 N–H and O–H groups in total. The smallest absolute Gasteiger partial charge is 0.237 e. The summed E-state index contributed by atoms with van der Waals surface area (Å²) in [5, 5.41) is 8.77. The molecule has 0 radical (unpaired) electrons. The van der Waals surface area contributed by atoms with Crippen LogP contribution in [0.4, 0.5) is 5.69 Å². The Balaban J connectivity index is 2.83. The molecule has 0 saturated carbocycles. The molecule has 0 aliphatic carbocycles. The van der Waals surface area contributed by atoms with E-state index in [2.05, 4.69) is 4.72 Å². The molecule has 0 aliphatic rings. The summed E-state index contributed by atoms with van der Waals surface area (Å²) in [6.45, 7) is 5.04.